The van der Waals surface area contributed by atoms with Crippen molar-refractivity contribution in [2.75, 3.05) is 20.0 Å². The highest BCUT2D eigenvalue weighted by Gasteiger charge is 2.12. The van der Waals surface area contributed by atoms with Crippen molar-refractivity contribution in [1.82, 2.24) is 0 Å². The summed E-state index contributed by atoms with van der Waals surface area (Å²) in [7, 11) is 3.10. The standard InChI is InChI=1S/C9H12ClNO2/c1-12-9(13-2)7-5-6(11)3-4-8(7)10/h3-5,9H,11H2,1-2H3. The average molecular weight is 202 g/mol. The average Bonchev–Trinajstić information content (AvgIpc) is 2.13. The number of nitrogens with two attached hydrogens (primary N) is 1. The molecule has 3 nitrogen and oxygen atoms in total. The van der Waals surface area contributed by atoms with Gasteiger partial charge in [-0.2, -0.15) is 0 Å². The van der Waals surface area contributed by atoms with E-state index in [1.54, 1.807) is 32.4 Å². The summed E-state index contributed by atoms with van der Waals surface area (Å²) in [5, 5.41) is 0.586. The molecular weight excluding hydrogens is 190 g/mol. The minimum absolute atomic E-state index is 0.462. The number of hydrogen-bond acceptors (Lipinski definition) is 3. The summed E-state index contributed by atoms with van der Waals surface area (Å²) in [5.74, 6) is 0. The molecule has 4 heteroatoms. The molecule has 0 aromatic heterocycles. The van der Waals surface area contributed by atoms with Crippen LogP contribution >= 0.6 is 11.6 Å². The maximum absolute atomic E-state index is 5.93. The molecule has 0 unspecified atom stereocenters. The SMILES string of the molecule is COC(OC)c1cc(N)ccc1Cl. The molecule has 0 bridgehead atoms. The maximum Gasteiger partial charge on any atom is 0.184 e. The van der Waals surface area contributed by atoms with Crippen LogP contribution in [-0.2, 0) is 9.47 Å². The van der Waals surface area contributed by atoms with Gasteiger partial charge >= 0.3 is 0 Å². The molecule has 1 aromatic carbocycles. The second-order valence-corrected chi connectivity index (χ2v) is 2.99. The molecule has 0 spiro atoms. The molecule has 13 heavy (non-hydrogen) atoms. The van der Waals surface area contributed by atoms with E-state index in [0.29, 0.717) is 10.7 Å². The van der Waals surface area contributed by atoms with Crippen LogP contribution in [0.4, 0.5) is 5.69 Å². The number of halogens is 1. The Labute approximate surface area is 82.4 Å². The lowest BCUT2D eigenvalue weighted by Gasteiger charge is -2.15. The van der Waals surface area contributed by atoms with Crippen LogP contribution in [0.2, 0.25) is 5.02 Å². The van der Waals surface area contributed by atoms with Crippen LogP contribution in [0.1, 0.15) is 11.9 Å². The van der Waals surface area contributed by atoms with E-state index in [9.17, 15) is 0 Å². The van der Waals surface area contributed by atoms with Crippen LogP contribution in [-0.4, -0.2) is 14.2 Å². The van der Waals surface area contributed by atoms with Gasteiger partial charge in [-0.1, -0.05) is 11.6 Å². The highest BCUT2D eigenvalue weighted by atomic mass is 35.5. The minimum atomic E-state index is -0.462. The molecule has 0 aliphatic carbocycles. The van der Waals surface area contributed by atoms with Crippen molar-refractivity contribution in [2.24, 2.45) is 0 Å². The number of nitrogen functional groups attached to an aromatic ring is 1. The lowest BCUT2D eigenvalue weighted by molar-refractivity contribution is -0.105. The van der Waals surface area contributed by atoms with E-state index in [-0.39, 0.29) is 0 Å². The Morgan fingerprint density at radius 1 is 1.31 bits per heavy atom. The van der Waals surface area contributed by atoms with Gasteiger partial charge in [-0.3, -0.25) is 0 Å². The predicted octanol–water partition coefficient (Wildman–Crippen LogP) is 2.21. The molecule has 72 valence electrons. The van der Waals surface area contributed by atoms with E-state index in [1.165, 1.54) is 0 Å². The van der Waals surface area contributed by atoms with Gasteiger partial charge in [0.25, 0.3) is 0 Å². The van der Waals surface area contributed by atoms with Crippen LogP contribution in [0, 0.1) is 0 Å². The van der Waals surface area contributed by atoms with E-state index in [1.807, 2.05) is 0 Å². The van der Waals surface area contributed by atoms with Gasteiger partial charge in [0.05, 0.1) is 0 Å². The quantitative estimate of drug-likeness (QED) is 0.603. The lowest BCUT2D eigenvalue weighted by atomic mass is 10.2. The van der Waals surface area contributed by atoms with Gasteiger partial charge in [0.1, 0.15) is 0 Å². The summed E-state index contributed by atoms with van der Waals surface area (Å²) in [4.78, 5) is 0. The number of ether oxygens (including phenoxy) is 2. The molecule has 0 amide bonds. The van der Waals surface area contributed by atoms with Crippen molar-refractivity contribution >= 4 is 17.3 Å². The zero-order valence-corrected chi connectivity index (χ0v) is 8.34. The van der Waals surface area contributed by atoms with Crippen LogP contribution in [0.15, 0.2) is 18.2 Å². The van der Waals surface area contributed by atoms with Gasteiger partial charge in [-0.25, -0.2) is 0 Å². The zero-order chi connectivity index (χ0) is 9.84. The fourth-order valence-corrected chi connectivity index (χ4v) is 1.30. The largest absolute Gasteiger partial charge is 0.399 e. The second-order valence-electron chi connectivity index (χ2n) is 2.58. The number of benzene rings is 1. The summed E-state index contributed by atoms with van der Waals surface area (Å²) in [6, 6.07) is 5.19. The molecule has 0 fully saturated rings. The molecule has 0 atom stereocenters. The van der Waals surface area contributed by atoms with Crippen molar-refractivity contribution in [2.45, 2.75) is 6.29 Å². The molecule has 0 heterocycles. The fourth-order valence-electron chi connectivity index (χ4n) is 1.09. The van der Waals surface area contributed by atoms with Crippen molar-refractivity contribution in [3.63, 3.8) is 0 Å². The van der Waals surface area contributed by atoms with Crippen molar-refractivity contribution in [3.05, 3.63) is 28.8 Å². The highest BCUT2D eigenvalue weighted by molar-refractivity contribution is 6.31. The highest BCUT2D eigenvalue weighted by Crippen LogP contribution is 2.27. The maximum atomic E-state index is 5.93. The van der Waals surface area contributed by atoms with Gasteiger partial charge < -0.3 is 15.2 Å². The lowest BCUT2D eigenvalue weighted by Crippen LogP contribution is -2.04. The smallest absolute Gasteiger partial charge is 0.184 e. The molecule has 0 saturated heterocycles. The minimum Gasteiger partial charge on any atom is -0.399 e. The third-order valence-electron chi connectivity index (χ3n) is 1.70. The molecule has 0 aliphatic rings. The molecule has 1 rings (SSSR count). The Bertz CT molecular complexity index is 287. The third kappa shape index (κ3) is 2.34. The fraction of sp³-hybridized carbons (Fsp3) is 0.333. The summed E-state index contributed by atoms with van der Waals surface area (Å²) in [6.07, 6.45) is -0.462. The van der Waals surface area contributed by atoms with Crippen LogP contribution in [0.5, 0.6) is 0 Å². The van der Waals surface area contributed by atoms with E-state index >= 15 is 0 Å². The number of hydrogen-bond donors (Lipinski definition) is 1. The normalized spacial score (nSPS) is 10.8. The van der Waals surface area contributed by atoms with Gasteiger partial charge in [-0.15, -0.1) is 0 Å². The van der Waals surface area contributed by atoms with Gasteiger partial charge in [0.2, 0.25) is 0 Å². The van der Waals surface area contributed by atoms with Gasteiger partial charge in [-0.05, 0) is 18.2 Å². The van der Waals surface area contributed by atoms with Crippen molar-refractivity contribution in [3.8, 4) is 0 Å². The Kier molecular flexibility index (Phi) is 3.54. The summed E-state index contributed by atoms with van der Waals surface area (Å²) in [6.45, 7) is 0. The van der Waals surface area contributed by atoms with E-state index in [0.717, 1.165) is 5.56 Å². The Morgan fingerprint density at radius 2 is 1.92 bits per heavy atom. The summed E-state index contributed by atoms with van der Waals surface area (Å²) < 4.78 is 10.1. The Hall–Kier alpha value is -0.770. The molecule has 0 saturated carbocycles. The van der Waals surface area contributed by atoms with Gasteiger partial charge in [0, 0.05) is 30.5 Å². The van der Waals surface area contributed by atoms with E-state index < -0.39 is 6.29 Å². The zero-order valence-electron chi connectivity index (χ0n) is 7.58. The molecular formula is C9H12ClNO2. The molecule has 1 aromatic rings. The third-order valence-corrected chi connectivity index (χ3v) is 2.05. The summed E-state index contributed by atoms with van der Waals surface area (Å²) >= 11 is 5.93. The van der Waals surface area contributed by atoms with Crippen LogP contribution in [0.3, 0.4) is 0 Å². The first-order valence-corrected chi connectivity index (χ1v) is 4.17. The Morgan fingerprint density at radius 3 is 2.46 bits per heavy atom. The molecule has 0 radical (unpaired) electrons. The number of rotatable bonds is 3. The first-order valence-electron chi connectivity index (χ1n) is 3.79. The monoisotopic (exact) mass is 201 g/mol. The van der Waals surface area contributed by atoms with E-state index in [2.05, 4.69) is 0 Å². The topological polar surface area (TPSA) is 44.5 Å². The first-order chi connectivity index (χ1) is 6.19. The van der Waals surface area contributed by atoms with Crippen molar-refractivity contribution in [1.29, 1.82) is 0 Å². The molecule has 0 aliphatic heterocycles. The van der Waals surface area contributed by atoms with Crippen molar-refractivity contribution < 1.29 is 9.47 Å². The van der Waals surface area contributed by atoms with E-state index in [4.69, 9.17) is 26.8 Å². The Balaban J connectivity index is 3.03. The first kappa shape index (κ1) is 10.3. The predicted molar refractivity (Wildman–Crippen MR) is 52.6 cm³/mol. The second kappa shape index (κ2) is 4.46. The van der Waals surface area contributed by atoms with Crippen LogP contribution in [0.25, 0.3) is 0 Å². The molecule has 2 N–H and O–H groups in total. The van der Waals surface area contributed by atoms with Gasteiger partial charge in [0.15, 0.2) is 6.29 Å². The van der Waals surface area contributed by atoms with Crippen LogP contribution < -0.4 is 5.73 Å². The number of anilines is 1. The number of methoxy groups -OCH3 is 2. The summed E-state index contributed by atoms with van der Waals surface area (Å²) in [5.41, 5.74) is 6.98.